The smallest absolute Gasteiger partial charge is 0.166 e. The van der Waals surface area contributed by atoms with Crippen LogP contribution in [0.1, 0.15) is 68.9 Å². The quantitative estimate of drug-likeness (QED) is 0.726. The van der Waals surface area contributed by atoms with Crippen LogP contribution in [0, 0.1) is 5.92 Å². The van der Waals surface area contributed by atoms with E-state index in [1.165, 1.54) is 31.2 Å². The predicted molar refractivity (Wildman–Crippen MR) is 116 cm³/mol. The summed E-state index contributed by atoms with van der Waals surface area (Å²) >= 11 is 0. The third kappa shape index (κ3) is 2.44. The van der Waals surface area contributed by atoms with Gasteiger partial charge in [0.05, 0.1) is 16.7 Å². The van der Waals surface area contributed by atoms with Crippen molar-refractivity contribution in [2.75, 3.05) is 13.1 Å². The minimum Gasteiger partial charge on any atom is -0.504 e. The van der Waals surface area contributed by atoms with Gasteiger partial charge in [-0.2, -0.15) is 0 Å². The van der Waals surface area contributed by atoms with E-state index >= 15 is 0 Å². The minimum atomic E-state index is -0.858. The van der Waals surface area contributed by atoms with E-state index in [2.05, 4.69) is 16.1 Å². The van der Waals surface area contributed by atoms with Crippen LogP contribution in [0.5, 0.6) is 11.5 Å². The fraction of sp³-hybridized carbons (Fsp3) is 0.720. The molecule has 1 spiro atoms. The number of oxime groups is 1. The van der Waals surface area contributed by atoms with Crippen LogP contribution in [-0.2, 0) is 16.7 Å². The predicted octanol–water partition coefficient (Wildman–Crippen LogP) is 3.27. The van der Waals surface area contributed by atoms with Crippen LogP contribution in [0.3, 0.4) is 0 Å². The molecule has 2 bridgehead atoms. The van der Waals surface area contributed by atoms with Crippen molar-refractivity contribution in [2.45, 2.75) is 93.5 Å². The summed E-state index contributed by atoms with van der Waals surface area (Å²) in [6.07, 6.45) is 10.1. The molecule has 2 aliphatic heterocycles. The average molecular weight is 425 g/mol. The van der Waals surface area contributed by atoms with Crippen molar-refractivity contribution < 1.29 is 19.8 Å². The third-order valence-corrected chi connectivity index (χ3v) is 9.20. The second kappa shape index (κ2) is 6.38. The van der Waals surface area contributed by atoms with Gasteiger partial charge in [-0.15, -0.1) is 0 Å². The molecule has 31 heavy (non-hydrogen) atoms. The largest absolute Gasteiger partial charge is 0.504 e. The number of rotatable bonds is 4. The highest BCUT2D eigenvalue weighted by Gasteiger charge is 2.72. The summed E-state index contributed by atoms with van der Waals surface area (Å²) in [5, 5.41) is 27.7. The van der Waals surface area contributed by atoms with Crippen LogP contribution < -0.4 is 4.74 Å². The van der Waals surface area contributed by atoms with E-state index in [0.29, 0.717) is 18.6 Å². The molecule has 6 heteroatoms. The number of aliphatic hydroxyl groups is 1. The van der Waals surface area contributed by atoms with Gasteiger partial charge in [0.1, 0.15) is 6.10 Å². The lowest BCUT2D eigenvalue weighted by Gasteiger charge is -2.63. The SMILES string of the molecule is Oc1ccc2c3c1O[C@H]1/C(=N/OC4CCCC4)CC[C@@]4(O)[C@@H](C2)N(CC2CC2)CC[C@]314. The van der Waals surface area contributed by atoms with Crippen molar-refractivity contribution in [1.29, 1.82) is 0 Å². The highest BCUT2D eigenvalue weighted by atomic mass is 16.6. The topological polar surface area (TPSA) is 74.5 Å². The number of benzene rings is 1. The van der Waals surface area contributed by atoms with E-state index in [4.69, 9.17) is 9.57 Å². The monoisotopic (exact) mass is 424 g/mol. The fourth-order valence-corrected chi connectivity index (χ4v) is 7.51. The summed E-state index contributed by atoms with van der Waals surface area (Å²) in [6.45, 7) is 2.06. The van der Waals surface area contributed by atoms with E-state index in [1.807, 2.05) is 0 Å². The van der Waals surface area contributed by atoms with Gasteiger partial charge in [0.15, 0.2) is 17.6 Å². The Hall–Kier alpha value is -1.79. The minimum absolute atomic E-state index is 0.105. The molecule has 0 unspecified atom stereocenters. The summed E-state index contributed by atoms with van der Waals surface area (Å²) in [6, 6.07) is 3.92. The first-order chi connectivity index (χ1) is 15.1. The van der Waals surface area contributed by atoms with E-state index < -0.39 is 11.0 Å². The van der Waals surface area contributed by atoms with E-state index in [9.17, 15) is 10.2 Å². The van der Waals surface area contributed by atoms with Gasteiger partial charge in [-0.3, -0.25) is 4.90 Å². The Bertz CT molecular complexity index is 953. The lowest BCUT2D eigenvalue weighted by atomic mass is 9.49. The first-order valence-electron chi connectivity index (χ1n) is 12.3. The molecule has 0 aromatic heterocycles. The van der Waals surface area contributed by atoms with Crippen LogP contribution in [0.2, 0.25) is 0 Å². The maximum Gasteiger partial charge on any atom is 0.166 e. The number of phenolic OH excluding ortho intramolecular Hbond substituents is 1. The molecule has 4 atom stereocenters. The van der Waals surface area contributed by atoms with Crippen LogP contribution in [0.15, 0.2) is 17.3 Å². The van der Waals surface area contributed by atoms with Gasteiger partial charge in [-0.25, -0.2) is 0 Å². The molecule has 1 aromatic rings. The fourth-order valence-electron chi connectivity index (χ4n) is 7.51. The molecule has 0 amide bonds. The van der Waals surface area contributed by atoms with E-state index in [-0.39, 0.29) is 24.0 Å². The second-order valence-corrected chi connectivity index (χ2v) is 10.8. The molecule has 1 aromatic carbocycles. The van der Waals surface area contributed by atoms with Crippen molar-refractivity contribution in [1.82, 2.24) is 4.90 Å². The Morgan fingerprint density at radius 1 is 1.16 bits per heavy atom. The lowest BCUT2D eigenvalue weighted by molar-refractivity contribution is -0.167. The second-order valence-electron chi connectivity index (χ2n) is 10.8. The number of nitrogens with zero attached hydrogens (tertiary/aromatic N) is 2. The van der Waals surface area contributed by atoms with Gasteiger partial charge in [-0.05, 0) is 88.3 Å². The zero-order valence-corrected chi connectivity index (χ0v) is 18.1. The van der Waals surface area contributed by atoms with Crippen molar-refractivity contribution >= 4 is 5.71 Å². The maximum atomic E-state index is 12.4. The number of ether oxygens (including phenoxy) is 1. The molecule has 166 valence electrons. The van der Waals surface area contributed by atoms with E-state index in [0.717, 1.165) is 56.0 Å². The molecule has 4 fully saturated rings. The third-order valence-electron chi connectivity index (χ3n) is 9.20. The van der Waals surface area contributed by atoms with Crippen LogP contribution >= 0.6 is 0 Å². The lowest BCUT2D eigenvalue weighted by Crippen LogP contribution is -2.76. The normalized spacial score (nSPS) is 40.1. The maximum absolute atomic E-state index is 12.4. The molecule has 6 nitrogen and oxygen atoms in total. The van der Waals surface area contributed by atoms with Crippen molar-refractivity contribution in [2.24, 2.45) is 11.1 Å². The standard InChI is InChI=1S/C25H32N2O4/c28-19-8-7-16-13-20-25(29)10-9-18(26-31-17-3-1-2-4-17)23-24(25,21(16)22(19)30-23)11-12-27(20)14-15-5-6-15/h7-8,15,17,20,23,28-29H,1-6,9-14H2/b26-18+/t20-,23+,24+,25-/m1/s1. The summed E-state index contributed by atoms with van der Waals surface area (Å²) in [5.74, 6) is 1.55. The molecule has 1 saturated heterocycles. The summed E-state index contributed by atoms with van der Waals surface area (Å²) in [7, 11) is 0. The number of phenols is 1. The first kappa shape index (κ1) is 18.8. The number of piperidine rings is 1. The Morgan fingerprint density at radius 3 is 2.81 bits per heavy atom. The van der Waals surface area contributed by atoms with Crippen molar-refractivity contribution in [3.05, 3.63) is 23.3 Å². The zero-order chi connectivity index (χ0) is 20.8. The van der Waals surface area contributed by atoms with Gasteiger partial charge >= 0.3 is 0 Å². The number of hydrogen-bond donors (Lipinski definition) is 2. The molecule has 6 aliphatic rings. The van der Waals surface area contributed by atoms with Gasteiger partial charge in [0.25, 0.3) is 0 Å². The van der Waals surface area contributed by atoms with Gasteiger partial charge in [-0.1, -0.05) is 11.2 Å². The number of likely N-dealkylation sites (tertiary alicyclic amines) is 1. The Balaban J connectivity index is 1.33. The highest BCUT2D eigenvalue weighted by molar-refractivity contribution is 5.94. The molecule has 7 rings (SSSR count). The van der Waals surface area contributed by atoms with Gasteiger partial charge in [0, 0.05) is 18.2 Å². The summed E-state index contributed by atoms with van der Waals surface area (Å²) < 4.78 is 6.49. The zero-order valence-electron chi connectivity index (χ0n) is 18.1. The molecular weight excluding hydrogens is 392 g/mol. The number of aromatic hydroxyl groups is 1. The molecular formula is C25H32N2O4. The van der Waals surface area contributed by atoms with Crippen LogP contribution in [0.4, 0.5) is 0 Å². The molecule has 2 N–H and O–H groups in total. The molecule has 2 heterocycles. The summed E-state index contributed by atoms with van der Waals surface area (Å²) in [5.41, 5.74) is 1.80. The van der Waals surface area contributed by atoms with Crippen molar-refractivity contribution in [3.63, 3.8) is 0 Å². The van der Waals surface area contributed by atoms with E-state index in [1.54, 1.807) is 6.07 Å². The summed E-state index contributed by atoms with van der Waals surface area (Å²) in [4.78, 5) is 8.53. The highest BCUT2D eigenvalue weighted by Crippen LogP contribution is 2.65. The first-order valence-corrected chi connectivity index (χ1v) is 12.3. The number of hydrogen-bond acceptors (Lipinski definition) is 6. The Labute approximate surface area is 183 Å². The molecule has 0 radical (unpaired) electrons. The van der Waals surface area contributed by atoms with Gasteiger partial charge < -0.3 is 19.8 Å². The Morgan fingerprint density at radius 2 is 2.00 bits per heavy atom. The van der Waals surface area contributed by atoms with Crippen LogP contribution in [0.25, 0.3) is 0 Å². The molecule has 4 aliphatic carbocycles. The average Bonchev–Trinajstić information content (AvgIpc) is 3.28. The van der Waals surface area contributed by atoms with Gasteiger partial charge in [0.2, 0.25) is 0 Å². The van der Waals surface area contributed by atoms with Crippen LogP contribution in [-0.4, -0.2) is 57.8 Å². The molecule has 3 saturated carbocycles. The Kier molecular flexibility index (Phi) is 3.86. The van der Waals surface area contributed by atoms with Crippen molar-refractivity contribution in [3.8, 4) is 11.5 Å².